The topological polar surface area (TPSA) is 96.0 Å². The average Bonchev–Trinajstić information content (AvgIpc) is 3.03. The number of carbonyl (C=O) groups is 2. The Labute approximate surface area is 274 Å². The van der Waals surface area contributed by atoms with Crippen molar-refractivity contribution in [1.82, 2.24) is 10.2 Å². The number of ether oxygens (including phenoxy) is 1. The van der Waals surface area contributed by atoms with Crippen molar-refractivity contribution < 1.29 is 22.7 Å². The number of nitrogens with zero attached hydrogens (tertiary/aromatic N) is 2. The fourth-order valence-corrected chi connectivity index (χ4v) is 6.69. The lowest BCUT2D eigenvalue weighted by molar-refractivity contribution is -0.140. The number of benzene rings is 4. The zero-order valence-corrected chi connectivity index (χ0v) is 27.4. The minimum absolute atomic E-state index is 0.0144. The molecule has 2 amide bonds. The molecule has 0 saturated heterocycles. The van der Waals surface area contributed by atoms with Crippen LogP contribution in [0.4, 0.5) is 5.69 Å². The summed E-state index contributed by atoms with van der Waals surface area (Å²) < 4.78 is 34.7. The molecule has 4 aromatic rings. The largest absolute Gasteiger partial charge is 0.494 e. The van der Waals surface area contributed by atoms with E-state index in [2.05, 4.69) is 5.32 Å². The zero-order valence-electron chi connectivity index (χ0n) is 25.0. The molecule has 0 aliphatic heterocycles. The second kappa shape index (κ2) is 15.8. The van der Waals surface area contributed by atoms with Gasteiger partial charge in [-0.05, 0) is 73.5 Å². The van der Waals surface area contributed by atoms with Crippen molar-refractivity contribution >= 4 is 50.7 Å². The van der Waals surface area contributed by atoms with Crippen molar-refractivity contribution in [3.63, 3.8) is 0 Å². The Morgan fingerprint density at radius 3 is 2.11 bits per heavy atom. The SMILES string of the molecule is CCNC(=O)[C@H](Cc1ccccc1)N(Cc1ccc(Cl)cc1Cl)C(=O)CN(c1ccccc1)S(=O)(=O)c1ccc(OCC)cc1. The molecule has 1 N–H and O–H groups in total. The third-order valence-corrected chi connectivity index (χ3v) is 9.40. The van der Waals surface area contributed by atoms with Gasteiger partial charge in [-0.3, -0.25) is 13.9 Å². The Hall–Kier alpha value is -4.05. The number of hydrogen-bond donors (Lipinski definition) is 1. The molecule has 236 valence electrons. The van der Waals surface area contributed by atoms with Crippen LogP contribution in [-0.4, -0.2) is 50.9 Å². The fourth-order valence-electron chi connectivity index (χ4n) is 4.80. The predicted molar refractivity (Wildman–Crippen MR) is 178 cm³/mol. The number of hydrogen-bond acceptors (Lipinski definition) is 5. The van der Waals surface area contributed by atoms with Gasteiger partial charge in [0.05, 0.1) is 17.2 Å². The van der Waals surface area contributed by atoms with E-state index < -0.39 is 28.5 Å². The Morgan fingerprint density at radius 1 is 0.867 bits per heavy atom. The number of para-hydroxylation sites is 1. The van der Waals surface area contributed by atoms with Crippen LogP contribution in [0.3, 0.4) is 0 Å². The Balaban J connectivity index is 1.78. The molecule has 0 aliphatic rings. The summed E-state index contributed by atoms with van der Waals surface area (Å²) >= 11 is 12.7. The first-order valence-corrected chi connectivity index (χ1v) is 16.7. The first-order valence-electron chi connectivity index (χ1n) is 14.5. The number of anilines is 1. The molecule has 0 spiro atoms. The lowest BCUT2D eigenvalue weighted by atomic mass is 10.0. The van der Waals surface area contributed by atoms with E-state index in [0.29, 0.717) is 40.2 Å². The summed E-state index contributed by atoms with van der Waals surface area (Å²) in [7, 11) is -4.23. The summed E-state index contributed by atoms with van der Waals surface area (Å²) in [5.74, 6) is -0.442. The van der Waals surface area contributed by atoms with Gasteiger partial charge in [0.15, 0.2) is 0 Å². The predicted octanol–water partition coefficient (Wildman–Crippen LogP) is 6.36. The number of halogens is 2. The summed E-state index contributed by atoms with van der Waals surface area (Å²) in [5.41, 5.74) is 1.68. The number of amides is 2. The Bertz CT molecular complexity index is 1690. The first-order chi connectivity index (χ1) is 21.6. The molecule has 45 heavy (non-hydrogen) atoms. The molecule has 0 heterocycles. The van der Waals surface area contributed by atoms with Crippen molar-refractivity contribution in [3.05, 3.63) is 124 Å². The van der Waals surface area contributed by atoms with Crippen molar-refractivity contribution in [2.75, 3.05) is 24.0 Å². The van der Waals surface area contributed by atoms with Gasteiger partial charge in [0.25, 0.3) is 10.0 Å². The standard InChI is InChI=1S/C34H35Cl2N3O5S/c1-3-37-34(41)32(21-25-11-7-5-8-12-25)38(23-26-15-16-27(35)22-31(26)36)33(40)24-39(28-13-9-6-10-14-28)45(42,43)30-19-17-29(18-20-30)44-4-2/h5-20,22,32H,3-4,21,23-24H2,1-2H3,(H,37,41)/t32-/m0/s1. The van der Waals surface area contributed by atoms with Crippen molar-refractivity contribution in [1.29, 1.82) is 0 Å². The monoisotopic (exact) mass is 667 g/mol. The Kier molecular flexibility index (Phi) is 11.9. The Morgan fingerprint density at radius 2 is 1.51 bits per heavy atom. The normalized spacial score (nSPS) is 11.8. The molecule has 0 bridgehead atoms. The minimum Gasteiger partial charge on any atom is -0.494 e. The highest BCUT2D eigenvalue weighted by molar-refractivity contribution is 7.92. The minimum atomic E-state index is -4.23. The van der Waals surface area contributed by atoms with E-state index in [1.165, 1.54) is 17.0 Å². The fraction of sp³-hybridized carbons (Fsp3) is 0.235. The van der Waals surface area contributed by atoms with E-state index in [9.17, 15) is 18.0 Å². The van der Waals surface area contributed by atoms with Crippen molar-refractivity contribution in [3.8, 4) is 5.75 Å². The van der Waals surface area contributed by atoms with Crippen LogP contribution < -0.4 is 14.4 Å². The smallest absolute Gasteiger partial charge is 0.264 e. The van der Waals surface area contributed by atoms with E-state index in [4.69, 9.17) is 27.9 Å². The number of nitrogens with one attached hydrogen (secondary N) is 1. The van der Waals surface area contributed by atoms with Gasteiger partial charge >= 0.3 is 0 Å². The molecule has 0 radical (unpaired) electrons. The van der Waals surface area contributed by atoms with Gasteiger partial charge < -0.3 is 15.0 Å². The van der Waals surface area contributed by atoms with E-state index >= 15 is 0 Å². The highest BCUT2D eigenvalue weighted by Crippen LogP contribution is 2.28. The second-order valence-corrected chi connectivity index (χ2v) is 12.8. The van der Waals surface area contributed by atoms with Crippen LogP contribution >= 0.6 is 23.2 Å². The highest BCUT2D eigenvalue weighted by Gasteiger charge is 2.34. The summed E-state index contributed by atoms with van der Waals surface area (Å²) in [6.07, 6.45) is 0.195. The van der Waals surface area contributed by atoms with E-state index in [1.807, 2.05) is 37.3 Å². The van der Waals surface area contributed by atoms with Crippen LogP contribution in [0.15, 0.2) is 108 Å². The van der Waals surface area contributed by atoms with Gasteiger partial charge in [-0.1, -0.05) is 77.8 Å². The van der Waals surface area contributed by atoms with Crippen LogP contribution in [0.5, 0.6) is 5.75 Å². The van der Waals surface area contributed by atoms with Crippen LogP contribution in [-0.2, 0) is 32.6 Å². The summed E-state index contributed by atoms with van der Waals surface area (Å²) in [6, 6.07) is 27.6. The van der Waals surface area contributed by atoms with Crippen LogP contribution in [0.1, 0.15) is 25.0 Å². The molecule has 11 heteroatoms. The zero-order chi connectivity index (χ0) is 32.4. The van der Waals surface area contributed by atoms with Gasteiger partial charge in [-0.25, -0.2) is 8.42 Å². The van der Waals surface area contributed by atoms with Crippen LogP contribution in [0, 0.1) is 0 Å². The van der Waals surface area contributed by atoms with Crippen molar-refractivity contribution in [2.45, 2.75) is 37.8 Å². The molecule has 8 nitrogen and oxygen atoms in total. The first kappa shape index (κ1) is 33.8. The maximum atomic E-state index is 14.4. The molecule has 0 saturated carbocycles. The molecule has 0 unspecified atom stereocenters. The summed E-state index contributed by atoms with van der Waals surface area (Å²) in [4.78, 5) is 29.4. The van der Waals surface area contributed by atoms with Gasteiger partial charge in [-0.15, -0.1) is 0 Å². The van der Waals surface area contributed by atoms with Gasteiger partial charge in [0.2, 0.25) is 11.8 Å². The maximum absolute atomic E-state index is 14.4. The van der Waals surface area contributed by atoms with Gasteiger partial charge in [0, 0.05) is 29.6 Å². The molecular weight excluding hydrogens is 633 g/mol. The van der Waals surface area contributed by atoms with Crippen molar-refractivity contribution in [2.24, 2.45) is 0 Å². The third kappa shape index (κ3) is 8.78. The molecule has 0 fully saturated rings. The third-order valence-electron chi connectivity index (χ3n) is 7.02. The number of carbonyl (C=O) groups excluding carboxylic acids is 2. The number of likely N-dealkylation sites (N-methyl/N-ethyl adjacent to an activating group) is 1. The van der Waals surface area contributed by atoms with Gasteiger partial charge in [-0.2, -0.15) is 0 Å². The maximum Gasteiger partial charge on any atom is 0.264 e. The molecular formula is C34H35Cl2N3O5S. The molecule has 0 aromatic heterocycles. The highest BCUT2D eigenvalue weighted by atomic mass is 35.5. The van der Waals surface area contributed by atoms with Crippen LogP contribution in [0.25, 0.3) is 0 Å². The quantitative estimate of drug-likeness (QED) is 0.169. The summed E-state index contributed by atoms with van der Waals surface area (Å²) in [6.45, 7) is 3.77. The van der Waals surface area contributed by atoms with E-state index in [-0.39, 0.29) is 23.8 Å². The lowest BCUT2D eigenvalue weighted by Crippen LogP contribution is -2.53. The molecule has 1 atom stereocenters. The lowest BCUT2D eigenvalue weighted by Gasteiger charge is -2.34. The number of sulfonamides is 1. The molecule has 4 aromatic carbocycles. The molecule has 0 aliphatic carbocycles. The average molecular weight is 669 g/mol. The second-order valence-electron chi connectivity index (χ2n) is 10.1. The van der Waals surface area contributed by atoms with E-state index in [1.54, 1.807) is 67.6 Å². The van der Waals surface area contributed by atoms with Gasteiger partial charge in [0.1, 0.15) is 18.3 Å². The summed E-state index contributed by atoms with van der Waals surface area (Å²) in [5, 5.41) is 3.57. The molecule has 4 rings (SSSR count). The van der Waals surface area contributed by atoms with E-state index in [0.717, 1.165) is 9.87 Å². The van der Waals surface area contributed by atoms with Crippen LogP contribution in [0.2, 0.25) is 10.0 Å². The number of rotatable bonds is 14.